The highest BCUT2D eigenvalue weighted by Gasteiger charge is 2.37. The molecule has 2 aromatic rings. The lowest BCUT2D eigenvalue weighted by atomic mass is 9.83. The zero-order valence-electron chi connectivity index (χ0n) is 17.5. The molecule has 3 rings (SSSR count). The van der Waals surface area contributed by atoms with Gasteiger partial charge in [0.05, 0.1) is 23.1 Å². The maximum Gasteiger partial charge on any atom is 0.336 e. The van der Waals surface area contributed by atoms with Gasteiger partial charge in [-0.1, -0.05) is 35.9 Å². The second kappa shape index (κ2) is 9.31. The first-order chi connectivity index (χ1) is 14.7. The van der Waals surface area contributed by atoms with Crippen LogP contribution in [0.5, 0.6) is 0 Å². The molecule has 2 aromatic carbocycles. The summed E-state index contributed by atoms with van der Waals surface area (Å²) in [5, 5.41) is 11.8. The lowest BCUT2D eigenvalue weighted by molar-refractivity contribution is -0.384. The predicted molar refractivity (Wildman–Crippen MR) is 116 cm³/mol. The first kappa shape index (κ1) is 22.5. The van der Waals surface area contributed by atoms with E-state index >= 15 is 0 Å². The number of carbonyl (C=O) groups excluding carboxylic acids is 2. The van der Waals surface area contributed by atoms with Crippen molar-refractivity contribution in [1.29, 1.82) is 0 Å². The number of allylic oxidation sites excluding steroid dienone is 1. The number of esters is 1. The van der Waals surface area contributed by atoms with Gasteiger partial charge in [-0.05, 0) is 44.0 Å². The number of nitrogens with zero attached hydrogens (tertiary/aromatic N) is 2. The largest absolute Gasteiger partial charge is 0.460 e. The fourth-order valence-electron chi connectivity index (χ4n) is 3.70. The summed E-state index contributed by atoms with van der Waals surface area (Å²) in [5.74, 6) is -1.35. The number of ether oxygens (including phenoxy) is 1. The van der Waals surface area contributed by atoms with E-state index in [1.165, 1.54) is 17.0 Å². The van der Waals surface area contributed by atoms with E-state index in [9.17, 15) is 19.7 Å². The summed E-state index contributed by atoms with van der Waals surface area (Å²) in [5.41, 5.74) is 2.06. The maximum atomic E-state index is 13.1. The van der Waals surface area contributed by atoms with Gasteiger partial charge in [0.1, 0.15) is 0 Å². The fourth-order valence-corrected chi connectivity index (χ4v) is 3.92. The second-order valence-electron chi connectivity index (χ2n) is 7.67. The molecule has 7 nitrogen and oxygen atoms in total. The molecule has 8 heteroatoms. The van der Waals surface area contributed by atoms with E-state index in [0.717, 1.165) is 5.56 Å². The van der Waals surface area contributed by atoms with E-state index in [0.29, 0.717) is 21.9 Å². The van der Waals surface area contributed by atoms with E-state index in [-0.39, 0.29) is 30.7 Å². The number of halogens is 1. The van der Waals surface area contributed by atoms with Gasteiger partial charge in [-0.25, -0.2) is 4.79 Å². The number of nitro groups is 1. The molecule has 1 atom stereocenters. The molecule has 1 aliphatic heterocycles. The summed E-state index contributed by atoms with van der Waals surface area (Å²) in [6.45, 7) is 5.44. The summed E-state index contributed by atoms with van der Waals surface area (Å²) < 4.78 is 5.45. The molecule has 31 heavy (non-hydrogen) atoms. The lowest BCUT2D eigenvalue weighted by Gasteiger charge is -2.34. The van der Waals surface area contributed by atoms with Crippen molar-refractivity contribution in [2.24, 2.45) is 0 Å². The number of hydrogen-bond donors (Lipinski definition) is 0. The van der Waals surface area contributed by atoms with Crippen molar-refractivity contribution in [3.05, 3.63) is 86.1 Å². The van der Waals surface area contributed by atoms with Crippen molar-refractivity contribution in [1.82, 2.24) is 4.90 Å². The third-order valence-electron chi connectivity index (χ3n) is 5.10. The van der Waals surface area contributed by atoms with Gasteiger partial charge in [-0.2, -0.15) is 0 Å². The molecule has 0 N–H and O–H groups in total. The maximum absolute atomic E-state index is 13.1. The number of nitro benzene ring substituents is 1. The molecule has 0 spiro atoms. The van der Waals surface area contributed by atoms with Crippen molar-refractivity contribution in [2.45, 2.75) is 45.8 Å². The number of amides is 1. The smallest absolute Gasteiger partial charge is 0.336 e. The van der Waals surface area contributed by atoms with Crippen LogP contribution in [0.25, 0.3) is 0 Å². The zero-order chi connectivity index (χ0) is 22.7. The van der Waals surface area contributed by atoms with Gasteiger partial charge in [0.2, 0.25) is 5.91 Å². The van der Waals surface area contributed by atoms with Crippen molar-refractivity contribution in [3.63, 3.8) is 0 Å². The van der Waals surface area contributed by atoms with Crippen LogP contribution < -0.4 is 0 Å². The van der Waals surface area contributed by atoms with Crippen molar-refractivity contribution >= 4 is 29.2 Å². The van der Waals surface area contributed by atoms with Gasteiger partial charge in [0.15, 0.2) is 0 Å². The summed E-state index contributed by atoms with van der Waals surface area (Å²) in [4.78, 5) is 38.3. The topological polar surface area (TPSA) is 89.7 Å². The van der Waals surface area contributed by atoms with Crippen LogP contribution in [0.2, 0.25) is 5.02 Å². The van der Waals surface area contributed by atoms with Gasteiger partial charge >= 0.3 is 5.97 Å². The number of carbonyl (C=O) groups is 2. The Morgan fingerprint density at radius 1 is 1.26 bits per heavy atom. The minimum atomic E-state index is -0.630. The highest BCUT2D eigenvalue weighted by atomic mass is 35.5. The Morgan fingerprint density at radius 3 is 2.61 bits per heavy atom. The molecule has 1 aliphatic rings. The van der Waals surface area contributed by atoms with Crippen LogP contribution in [-0.2, 0) is 20.9 Å². The standard InChI is InChI=1S/C23H23ClN2O5/c1-14(2)31-23(28)22-15(3)25(13-16-6-4-8-18(24)10-16)21(27)12-20(22)17-7-5-9-19(11-17)26(29)30/h4-11,14,20H,12-13H2,1-3H3. The van der Waals surface area contributed by atoms with Crippen LogP contribution in [0.1, 0.15) is 44.2 Å². The van der Waals surface area contributed by atoms with Crippen LogP contribution in [-0.4, -0.2) is 27.8 Å². The highest BCUT2D eigenvalue weighted by Crippen LogP contribution is 2.38. The van der Waals surface area contributed by atoms with Crippen LogP contribution in [0.15, 0.2) is 59.8 Å². The van der Waals surface area contributed by atoms with E-state index in [1.54, 1.807) is 51.1 Å². The Labute approximate surface area is 185 Å². The molecule has 0 radical (unpaired) electrons. The Kier molecular flexibility index (Phi) is 6.75. The molecular formula is C23H23ClN2O5. The van der Waals surface area contributed by atoms with E-state index in [1.807, 2.05) is 6.07 Å². The number of hydrogen-bond acceptors (Lipinski definition) is 5. The monoisotopic (exact) mass is 442 g/mol. The van der Waals surface area contributed by atoms with Crippen LogP contribution in [0.3, 0.4) is 0 Å². The minimum Gasteiger partial charge on any atom is -0.460 e. The number of rotatable bonds is 6. The third-order valence-corrected chi connectivity index (χ3v) is 5.33. The van der Waals surface area contributed by atoms with Crippen molar-refractivity contribution in [3.8, 4) is 0 Å². The van der Waals surface area contributed by atoms with Gasteiger partial charge in [-0.3, -0.25) is 14.9 Å². The molecule has 0 saturated carbocycles. The van der Waals surface area contributed by atoms with Crippen LogP contribution >= 0.6 is 11.6 Å². The van der Waals surface area contributed by atoms with Crippen LogP contribution in [0.4, 0.5) is 5.69 Å². The second-order valence-corrected chi connectivity index (χ2v) is 8.11. The van der Waals surface area contributed by atoms with E-state index in [2.05, 4.69) is 0 Å². The third kappa shape index (κ3) is 5.11. The molecule has 1 amide bonds. The molecular weight excluding hydrogens is 420 g/mol. The van der Waals surface area contributed by atoms with Gasteiger partial charge in [0.25, 0.3) is 5.69 Å². The van der Waals surface area contributed by atoms with E-state index < -0.39 is 16.8 Å². The Bertz CT molecular complexity index is 1060. The molecule has 1 unspecified atom stereocenters. The molecule has 162 valence electrons. The number of non-ortho nitro benzene ring substituents is 1. The molecule has 0 bridgehead atoms. The minimum absolute atomic E-state index is 0.00159. The van der Waals surface area contributed by atoms with Gasteiger partial charge < -0.3 is 9.64 Å². The summed E-state index contributed by atoms with van der Waals surface area (Å²) >= 11 is 6.07. The van der Waals surface area contributed by atoms with Gasteiger partial charge in [-0.15, -0.1) is 0 Å². The predicted octanol–water partition coefficient (Wildman–Crippen LogP) is 4.99. The lowest BCUT2D eigenvalue weighted by Crippen LogP contribution is -2.38. The Morgan fingerprint density at radius 2 is 1.97 bits per heavy atom. The average Bonchev–Trinajstić information content (AvgIpc) is 2.70. The quantitative estimate of drug-likeness (QED) is 0.357. The molecule has 1 heterocycles. The Hall–Kier alpha value is -3.19. The van der Waals surface area contributed by atoms with Gasteiger partial charge in [0, 0.05) is 35.2 Å². The normalized spacial score (nSPS) is 16.6. The van der Waals surface area contributed by atoms with E-state index in [4.69, 9.17) is 16.3 Å². The Balaban J connectivity index is 2.06. The van der Waals surface area contributed by atoms with Crippen molar-refractivity contribution in [2.75, 3.05) is 0 Å². The molecule has 0 aromatic heterocycles. The summed E-state index contributed by atoms with van der Waals surface area (Å²) in [7, 11) is 0. The average molecular weight is 443 g/mol. The zero-order valence-corrected chi connectivity index (χ0v) is 18.3. The van der Waals surface area contributed by atoms with Crippen LogP contribution in [0, 0.1) is 10.1 Å². The summed E-state index contributed by atoms with van der Waals surface area (Å²) in [6, 6.07) is 13.2. The molecule has 0 saturated heterocycles. The molecule has 0 aliphatic carbocycles. The summed E-state index contributed by atoms with van der Waals surface area (Å²) in [6.07, 6.45) is -0.348. The van der Waals surface area contributed by atoms with Crippen molar-refractivity contribution < 1.29 is 19.2 Å². The SMILES string of the molecule is CC1=C(C(=O)OC(C)C)C(c2cccc([N+](=O)[O-])c2)CC(=O)N1Cc1cccc(Cl)c1. The molecule has 0 fully saturated rings. The highest BCUT2D eigenvalue weighted by molar-refractivity contribution is 6.30. The number of benzene rings is 2. The first-order valence-corrected chi connectivity index (χ1v) is 10.3. The fraction of sp³-hybridized carbons (Fsp3) is 0.304. The first-order valence-electron chi connectivity index (χ1n) is 9.88.